The second-order valence-electron chi connectivity index (χ2n) is 5.68. The number of fused-ring (bicyclic) bond motifs is 1. The largest absolute Gasteiger partial charge is 0.356 e. The number of nitrogens with zero attached hydrogens (tertiary/aromatic N) is 1. The van der Waals surface area contributed by atoms with E-state index < -0.39 is 0 Å². The molecule has 0 saturated carbocycles. The Hall–Kier alpha value is -2.14. The lowest BCUT2D eigenvalue weighted by molar-refractivity contribution is -0.122. The van der Waals surface area contributed by atoms with E-state index in [2.05, 4.69) is 5.32 Å². The van der Waals surface area contributed by atoms with Crippen LogP contribution in [0.5, 0.6) is 0 Å². The molecule has 0 bridgehead atoms. The first-order valence-electron chi connectivity index (χ1n) is 7.89. The predicted molar refractivity (Wildman–Crippen MR) is 91.3 cm³/mol. The van der Waals surface area contributed by atoms with Gasteiger partial charge in [-0.1, -0.05) is 31.2 Å². The number of nitrogens with one attached hydrogen (secondary N) is 1. The molecule has 2 aromatic rings. The number of carbonyl (C=O) groups is 2. The van der Waals surface area contributed by atoms with Gasteiger partial charge in [-0.3, -0.25) is 9.59 Å². The summed E-state index contributed by atoms with van der Waals surface area (Å²) in [5.41, 5.74) is 1.79. The van der Waals surface area contributed by atoms with Gasteiger partial charge in [-0.25, -0.2) is 0 Å². The molecule has 23 heavy (non-hydrogen) atoms. The van der Waals surface area contributed by atoms with Crippen LogP contribution in [0.3, 0.4) is 0 Å². The number of hydrogen-bond acceptors (Lipinski definition) is 3. The number of thiophene rings is 1. The summed E-state index contributed by atoms with van der Waals surface area (Å²) in [6.07, 6.45) is 1.21. The maximum Gasteiger partial charge on any atom is 0.255 e. The summed E-state index contributed by atoms with van der Waals surface area (Å²) in [5, 5.41) is 4.90. The predicted octanol–water partition coefficient (Wildman–Crippen LogP) is 3.36. The molecule has 0 unspecified atom stereocenters. The molecule has 5 heteroatoms. The molecule has 1 N–H and O–H groups in total. The second kappa shape index (κ2) is 6.96. The topological polar surface area (TPSA) is 49.4 Å². The van der Waals surface area contributed by atoms with Crippen LogP contribution in [0.4, 0.5) is 0 Å². The van der Waals surface area contributed by atoms with Crippen molar-refractivity contribution >= 4 is 23.2 Å². The molecule has 1 atom stereocenters. The average Bonchev–Trinajstić information content (AvgIpc) is 3.20. The van der Waals surface area contributed by atoms with Gasteiger partial charge in [-0.05, 0) is 29.5 Å². The summed E-state index contributed by atoms with van der Waals surface area (Å²) < 4.78 is 0. The van der Waals surface area contributed by atoms with Crippen molar-refractivity contribution in [1.29, 1.82) is 0 Å². The number of benzene rings is 1. The highest BCUT2D eigenvalue weighted by Crippen LogP contribution is 2.35. The Bertz CT molecular complexity index is 697. The van der Waals surface area contributed by atoms with Gasteiger partial charge in [0.05, 0.1) is 12.5 Å². The van der Waals surface area contributed by atoms with Gasteiger partial charge in [-0.2, -0.15) is 0 Å². The fraction of sp³-hybridized carbons (Fsp3) is 0.333. The van der Waals surface area contributed by atoms with E-state index in [4.69, 9.17) is 0 Å². The van der Waals surface area contributed by atoms with Crippen molar-refractivity contribution in [2.24, 2.45) is 0 Å². The Labute approximate surface area is 140 Å². The lowest BCUT2D eigenvalue weighted by Crippen LogP contribution is -2.34. The molecule has 1 aliphatic rings. The van der Waals surface area contributed by atoms with Crippen molar-refractivity contribution < 1.29 is 9.59 Å². The van der Waals surface area contributed by atoms with Crippen LogP contribution >= 0.6 is 11.3 Å². The molecule has 0 aliphatic carbocycles. The standard InChI is InChI=1S/C18H20N2O2S/c1-2-9-19-17(21)11-15(16-8-5-10-23-16)20-12-13-6-3-4-7-14(13)18(20)22/h3-8,10,15H,2,9,11-12H2,1H3,(H,19,21)/t15-/m1/s1. The molecule has 3 rings (SSSR count). The van der Waals surface area contributed by atoms with Crippen molar-refractivity contribution in [3.05, 3.63) is 57.8 Å². The highest BCUT2D eigenvalue weighted by Gasteiger charge is 2.34. The van der Waals surface area contributed by atoms with Gasteiger partial charge in [0.1, 0.15) is 0 Å². The number of rotatable bonds is 6. The third kappa shape index (κ3) is 3.29. The van der Waals surface area contributed by atoms with Gasteiger partial charge in [0.25, 0.3) is 5.91 Å². The van der Waals surface area contributed by atoms with Crippen molar-refractivity contribution in [2.45, 2.75) is 32.4 Å². The van der Waals surface area contributed by atoms with Gasteiger partial charge in [0.2, 0.25) is 5.91 Å². The molecule has 2 heterocycles. The zero-order valence-electron chi connectivity index (χ0n) is 13.1. The lowest BCUT2D eigenvalue weighted by Gasteiger charge is -2.26. The highest BCUT2D eigenvalue weighted by atomic mass is 32.1. The van der Waals surface area contributed by atoms with E-state index in [1.807, 2.05) is 53.6 Å². The van der Waals surface area contributed by atoms with Gasteiger partial charge < -0.3 is 10.2 Å². The van der Waals surface area contributed by atoms with Crippen molar-refractivity contribution in [3.63, 3.8) is 0 Å². The minimum atomic E-state index is -0.202. The molecular weight excluding hydrogens is 308 g/mol. The van der Waals surface area contributed by atoms with Crippen LogP contribution in [0.1, 0.15) is 46.6 Å². The Morgan fingerprint density at radius 3 is 2.83 bits per heavy atom. The van der Waals surface area contributed by atoms with Crippen LogP contribution in [0.2, 0.25) is 0 Å². The van der Waals surface area contributed by atoms with E-state index in [1.165, 1.54) is 0 Å². The Balaban J connectivity index is 1.83. The molecule has 1 aliphatic heterocycles. The Kier molecular flexibility index (Phi) is 4.76. The molecule has 0 radical (unpaired) electrons. The SMILES string of the molecule is CCCNC(=O)C[C@H](c1cccs1)N1Cc2ccccc2C1=O. The first kappa shape index (κ1) is 15.7. The van der Waals surface area contributed by atoms with Crippen molar-refractivity contribution in [1.82, 2.24) is 10.2 Å². The summed E-state index contributed by atoms with van der Waals surface area (Å²) in [4.78, 5) is 27.8. The molecule has 2 amide bonds. The van der Waals surface area contributed by atoms with Crippen LogP contribution in [0.15, 0.2) is 41.8 Å². The molecule has 0 spiro atoms. The van der Waals surface area contributed by atoms with E-state index in [1.54, 1.807) is 11.3 Å². The summed E-state index contributed by atoms with van der Waals surface area (Å²) in [5.74, 6) is 0.0105. The van der Waals surface area contributed by atoms with Gasteiger partial charge >= 0.3 is 0 Å². The first-order chi connectivity index (χ1) is 11.2. The monoisotopic (exact) mass is 328 g/mol. The maximum atomic E-state index is 12.7. The molecule has 1 aromatic heterocycles. The quantitative estimate of drug-likeness (QED) is 0.884. The number of hydrogen-bond donors (Lipinski definition) is 1. The van der Waals surface area contributed by atoms with Gasteiger partial charge in [0.15, 0.2) is 0 Å². The van der Waals surface area contributed by atoms with Crippen molar-refractivity contribution in [3.8, 4) is 0 Å². The third-order valence-electron chi connectivity index (χ3n) is 4.05. The van der Waals surface area contributed by atoms with E-state index in [-0.39, 0.29) is 17.9 Å². The second-order valence-corrected chi connectivity index (χ2v) is 6.65. The summed E-state index contributed by atoms with van der Waals surface area (Å²) in [6, 6.07) is 11.4. The third-order valence-corrected chi connectivity index (χ3v) is 5.02. The zero-order valence-corrected chi connectivity index (χ0v) is 13.9. The molecule has 120 valence electrons. The van der Waals surface area contributed by atoms with Crippen molar-refractivity contribution in [2.75, 3.05) is 6.54 Å². The molecule has 0 fully saturated rings. The van der Waals surface area contributed by atoms with Gasteiger partial charge in [-0.15, -0.1) is 11.3 Å². The Morgan fingerprint density at radius 1 is 1.30 bits per heavy atom. The van der Waals surface area contributed by atoms with Crippen LogP contribution in [0, 0.1) is 0 Å². The van der Waals surface area contributed by atoms with Crippen LogP contribution in [-0.2, 0) is 11.3 Å². The fourth-order valence-electron chi connectivity index (χ4n) is 2.89. The molecule has 1 aromatic carbocycles. The Morgan fingerprint density at radius 2 is 2.13 bits per heavy atom. The molecular formula is C18H20N2O2S. The minimum absolute atomic E-state index is 0.00555. The van der Waals surface area contributed by atoms with E-state index in [0.29, 0.717) is 19.5 Å². The van der Waals surface area contributed by atoms with E-state index >= 15 is 0 Å². The normalized spacial score (nSPS) is 14.7. The summed E-state index contributed by atoms with van der Waals surface area (Å²) >= 11 is 1.59. The van der Waals surface area contributed by atoms with Gasteiger partial charge in [0, 0.05) is 23.5 Å². The lowest BCUT2D eigenvalue weighted by atomic mass is 10.1. The van der Waals surface area contributed by atoms with E-state index in [9.17, 15) is 9.59 Å². The zero-order chi connectivity index (χ0) is 16.2. The molecule has 0 saturated heterocycles. The fourth-order valence-corrected chi connectivity index (χ4v) is 3.73. The van der Waals surface area contributed by atoms with Crippen LogP contribution < -0.4 is 5.32 Å². The van der Waals surface area contributed by atoms with Crippen LogP contribution in [0.25, 0.3) is 0 Å². The maximum absolute atomic E-state index is 12.7. The first-order valence-corrected chi connectivity index (χ1v) is 8.77. The summed E-state index contributed by atoms with van der Waals surface area (Å²) in [6.45, 7) is 3.26. The smallest absolute Gasteiger partial charge is 0.255 e. The van der Waals surface area contributed by atoms with E-state index in [0.717, 1.165) is 22.4 Å². The number of amides is 2. The molecule has 4 nitrogen and oxygen atoms in total. The minimum Gasteiger partial charge on any atom is -0.356 e. The highest BCUT2D eigenvalue weighted by molar-refractivity contribution is 7.10. The average molecular weight is 328 g/mol. The number of carbonyl (C=O) groups excluding carboxylic acids is 2. The summed E-state index contributed by atoms with van der Waals surface area (Å²) in [7, 11) is 0. The van der Waals surface area contributed by atoms with Crippen LogP contribution in [-0.4, -0.2) is 23.3 Å².